The van der Waals surface area contributed by atoms with Crippen LogP contribution in [0.4, 0.5) is 0 Å². The fourth-order valence-corrected chi connectivity index (χ4v) is 3.89. The molecule has 7 heteroatoms. The zero-order valence-corrected chi connectivity index (χ0v) is 12.4. The fourth-order valence-electron chi connectivity index (χ4n) is 3.89. The van der Waals surface area contributed by atoms with E-state index in [4.69, 9.17) is 0 Å². The Morgan fingerprint density at radius 1 is 1.45 bits per heavy atom. The van der Waals surface area contributed by atoms with Gasteiger partial charge >= 0.3 is 5.97 Å². The van der Waals surface area contributed by atoms with Crippen LogP contribution in [0.1, 0.15) is 18.7 Å². The van der Waals surface area contributed by atoms with Crippen LogP contribution in [-0.4, -0.2) is 62.9 Å². The van der Waals surface area contributed by atoms with Crippen molar-refractivity contribution in [1.29, 1.82) is 0 Å². The molecular weight excluding hydrogens is 284 g/mol. The van der Waals surface area contributed by atoms with Gasteiger partial charge in [0.25, 0.3) is 0 Å². The molecule has 3 aliphatic rings. The molecule has 1 amide bonds. The van der Waals surface area contributed by atoms with Gasteiger partial charge in [0.2, 0.25) is 5.91 Å². The van der Waals surface area contributed by atoms with Gasteiger partial charge in [-0.25, -0.2) is 4.98 Å². The highest BCUT2D eigenvalue weighted by atomic mass is 16.4. The molecule has 2 atom stereocenters. The molecule has 1 aliphatic carbocycles. The van der Waals surface area contributed by atoms with Gasteiger partial charge in [0, 0.05) is 38.6 Å². The molecule has 0 aromatic carbocycles. The molecular formula is C15H20N4O3. The minimum atomic E-state index is -0.946. The Labute approximate surface area is 128 Å². The van der Waals surface area contributed by atoms with Crippen molar-refractivity contribution < 1.29 is 14.7 Å². The van der Waals surface area contributed by atoms with E-state index in [1.807, 2.05) is 4.90 Å². The van der Waals surface area contributed by atoms with Gasteiger partial charge in [-0.1, -0.05) is 0 Å². The molecule has 0 spiro atoms. The Morgan fingerprint density at radius 2 is 2.27 bits per heavy atom. The Hall–Kier alpha value is -1.89. The van der Waals surface area contributed by atoms with Crippen LogP contribution in [0.2, 0.25) is 0 Å². The van der Waals surface area contributed by atoms with Gasteiger partial charge in [-0.05, 0) is 18.8 Å². The van der Waals surface area contributed by atoms with E-state index >= 15 is 0 Å². The number of aliphatic carboxylic acids is 1. The Kier molecular flexibility index (Phi) is 3.00. The number of nitrogens with one attached hydrogen (secondary N) is 1. The van der Waals surface area contributed by atoms with Crippen LogP contribution in [0.15, 0.2) is 12.4 Å². The molecule has 2 N–H and O–H groups in total. The van der Waals surface area contributed by atoms with Crippen molar-refractivity contribution in [2.75, 3.05) is 26.2 Å². The third-order valence-electron chi connectivity index (χ3n) is 5.23. The standard InChI is InChI=1S/C15H20N4O3/c20-13-11-6-18(7-12-16-3-4-17-12)8-15(11,14(21)22)9-19(13)5-10-1-2-10/h3-4,10-11H,1-2,5-9H2,(H,16,17)(H,21,22)/t11-,15-/m1/s1. The van der Waals surface area contributed by atoms with E-state index in [1.165, 1.54) is 12.8 Å². The lowest BCUT2D eigenvalue weighted by atomic mass is 9.81. The summed E-state index contributed by atoms with van der Waals surface area (Å²) >= 11 is 0. The number of hydrogen-bond acceptors (Lipinski definition) is 4. The van der Waals surface area contributed by atoms with Gasteiger partial charge in [-0.15, -0.1) is 0 Å². The molecule has 0 unspecified atom stereocenters. The summed E-state index contributed by atoms with van der Waals surface area (Å²) in [6.07, 6.45) is 5.77. The topological polar surface area (TPSA) is 89.5 Å². The number of imidazole rings is 1. The maximum absolute atomic E-state index is 12.6. The molecule has 118 valence electrons. The summed E-state index contributed by atoms with van der Waals surface area (Å²) in [6.45, 7) is 2.58. The lowest BCUT2D eigenvalue weighted by molar-refractivity contribution is -0.149. The van der Waals surface area contributed by atoms with E-state index in [0.717, 1.165) is 12.4 Å². The van der Waals surface area contributed by atoms with Crippen LogP contribution in [0, 0.1) is 17.3 Å². The number of nitrogens with zero attached hydrogens (tertiary/aromatic N) is 3. The highest BCUT2D eigenvalue weighted by Gasteiger charge is 2.62. The lowest BCUT2D eigenvalue weighted by Crippen LogP contribution is -2.41. The highest BCUT2D eigenvalue weighted by Crippen LogP contribution is 2.45. The molecule has 0 bridgehead atoms. The number of carboxylic acid groups (broad SMARTS) is 1. The van der Waals surface area contributed by atoms with E-state index in [1.54, 1.807) is 17.3 Å². The number of aromatic amines is 1. The highest BCUT2D eigenvalue weighted by molar-refractivity contribution is 5.92. The second-order valence-corrected chi connectivity index (χ2v) is 6.88. The van der Waals surface area contributed by atoms with Crippen molar-refractivity contribution in [3.63, 3.8) is 0 Å². The fraction of sp³-hybridized carbons (Fsp3) is 0.667. The largest absolute Gasteiger partial charge is 0.481 e. The molecule has 2 aliphatic heterocycles. The van der Waals surface area contributed by atoms with Crippen molar-refractivity contribution in [3.05, 3.63) is 18.2 Å². The second kappa shape index (κ2) is 4.81. The van der Waals surface area contributed by atoms with E-state index in [2.05, 4.69) is 9.97 Å². The number of carbonyl (C=O) groups is 2. The van der Waals surface area contributed by atoms with Gasteiger partial charge < -0.3 is 15.0 Å². The average molecular weight is 304 g/mol. The van der Waals surface area contributed by atoms with Crippen LogP contribution in [0.3, 0.4) is 0 Å². The zero-order valence-electron chi connectivity index (χ0n) is 12.4. The summed E-state index contributed by atoms with van der Waals surface area (Å²) in [6, 6.07) is 0. The third kappa shape index (κ3) is 2.11. The summed E-state index contributed by atoms with van der Waals surface area (Å²) in [4.78, 5) is 35.6. The SMILES string of the molecule is O=C1[C@H]2CN(Cc3ncc[nH]3)C[C@@]2(C(=O)O)CN1CC1CC1. The predicted molar refractivity (Wildman–Crippen MR) is 76.7 cm³/mol. The van der Waals surface area contributed by atoms with Gasteiger partial charge in [-0.3, -0.25) is 14.5 Å². The van der Waals surface area contributed by atoms with Crippen LogP contribution < -0.4 is 0 Å². The number of rotatable bonds is 5. The quantitative estimate of drug-likeness (QED) is 0.809. The number of fused-ring (bicyclic) bond motifs is 1. The molecule has 4 rings (SSSR count). The van der Waals surface area contributed by atoms with Crippen LogP contribution in [-0.2, 0) is 16.1 Å². The normalized spacial score (nSPS) is 31.7. The first-order chi connectivity index (χ1) is 10.6. The monoisotopic (exact) mass is 304 g/mol. The number of likely N-dealkylation sites (tertiary alicyclic amines) is 2. The molecule has 2 saturated heterocycles. The first kappa shape index (κ1) is 13.8. The third-order valence-corrected chi connectivity index (χ3v) is 5.23. The van der Waals surface area contributed by atoms with E-state index in [0.29, 0.717) is 32.1 Å². The summed E-state index contributed by atoms with van der Waals surface area (Å²) in [7, 11) is 0. The van der Waals surface area contributed by atoms with E-state index < -0.39 is 17.3 Å². The minimum Gasteiger partial charge on any atom is -0.481 e. The molecule has 3 heterocycles. The van der Waals surface area contributed by atoms with Crippen LogP contribution in [0.5, 0.6) is 0 Å². The number of aromatic nitrogens is 2. The second-order valence-electron chi connectivity index (χ2n) is 6.88. The minimum absolute atomic E-state index is 0.0243. The molecule has 1 saturated carbocycles. The molecule has 0 radical (unpaired) electrons. The van der Waals surface area contributed by atoms with Gasteiger partial charge in [0.15, 0.2) is 0 Å². The van der Waals surface area contributed by atoms with E-state index in [-0.39, 0.29) is 5.91 Å². The summed E-state index contributed by atoms with van der Waals surface area (Å²) in [5.74, 6) is 0.164. The number of H-pyrrole nitrogens is 1. The average Bonchev–Trinajstić information content (AvgIpc) is 2.91. The van der Waals surface area contributed by atoms with Crippen molar-refractivity contribution in [2.24, 2.45) is 17.3 Å². The Balaban J connectivity index is 1.52. The molecule has 3 fully saturated rings. The van der Waals surface area contributed by atoms with Crippen LogP contribution >= 0.6 is 0 Å². The predicted octanol–water partition coefficient (Wildman–Crippen LogP) is 0.165. The maximum Gasteiger partial charge on any atom is 0.313 e. The Morgan fingerprint density at radius 3 is 2.86 bits per heavy atom. The summed E-state index contributed by atoms with van der Waals surface area (Å²) < 4.78 is 0. The zero-order chi connectivity index (χ0) is 15.3. The Bertz CT molecular complexity index is 598. The molecule has 1 aromatic heterocycles. The molecule has 7 nitrogen and oxygen atoms in total. The van der Waals surface area contributed by atoms with Gasteiger partial charge in [0.1, 0.15) is 11.2 Å². The number of hydrogen-bond donors (Lipinski definition) is 2. The van der Waals surface area contributed by atoms with Gasteiger partial charge in [-0.2, -0.15) is 0 Å². The number of carboxylic acids is 1. The molecule has 22 heavy (non-hydrogen) atoms. The summed E-state index contributed by atoms with van der Waals surface area (Å²) in [5.41, 5.74) is -0.946. The van der Waals surface area contributed by atoms with Crippen molar-refractivity contribution in [3.8, 4) is 0 Å². The summed E-state index contributed by atoms with van der Waals surface area (Å²) in [5, 5.41) is 9.77. The van der Waals surface area contributed by atoms with E-state index in [9.17, 15) is 14.7 Å². The van der Waals surface area contributed by atoms with Crippen molar-refractivity contribution in [1.82, 2.24) is 19.8 Å². The first-order valence-electron chi connectivity index (χ1n) is 7.81. The smallest absolute Gasteiger partial charge is 0.313 e. The number of carbonyl (C=O) groups excluding carboxylic acids is 1. The van der Waals surface area contributed by atoms with Gasteiger partial charge in [0.05, 0.1) is 12.5 Å². The van der Waals surface area contributed by atoms with Crippen molar-refractivity contribution >= 4 is 11.9 Å². The first-order valence-corrected chi connectivity index (χ1v) is 7.81. The number of amides is 1. The van der Waals surface area contributed by atoms with Crippen molar-refractivity contribution in [2.45, 2.75) is 19.4 Å². The maximum atomic E-state index is 12.6. The van der Waals surface area contributed by atoms with Crippen LogP contribution in [0.25, 0.3) is 0 Å². The lowest BCUT2D eigenvalue weighted by Gasteiger charge is -2.24. The molecule has 1 aromatic rings.